The summed E-state index contributed by atoms with van der Waals surface area (Å²) in [5.74, 6) is 0.797. The number of para-hydroxylation sites is 1. The van der Waals surface area contributed by atoms with Crippen LogP contribution in [-0.2, 0) is 0 Å². The molecule has 0 aliphatic carbocycles. The summed E-state index contributed by atoms with van der Waals surface area (Å²) in [5, 5.41) is 9.51. The van der Waals surface area contributed by atoms with E-state index in [1.807, 2.05) is 49.3 Å². The van der Waals surface area contributed by atoms with Crippen molar-refractivity contribution >= 4 is 0 Å². The number of likely N-dealkylation sites (N-methyl/N-ethyl adjacent to an activating group) is 1. The van der Waals surface area contributed by atoms with Crippen LogP contribution in [0.15, 0.2) is 30.3 Å². The monoisotopic (exact) mass is 195 g/mol. The molecule has 0 fully saturated rings. The lowest BCUT2D eigenvalue weighted by Gasteiger charge is -2.16. The molecular formula is C11H17NO2. The molecule has 0 saturated carbocycles. The summed E-state index contributed by atoms with van der Waals surface area (Å²) in [5.41, 5.74) is 0. The lowest BCUT2D eigenvalue weighted by molar-refractivity contribution is 0.0831. The number of hydrogen-bond acceptors (Lipinski definition) is 3. The van der Waals surface area contributed by atoms with Crippen molar-refractivity contribution < 1.29 is 9.84 Å². The average molecular weight is 195 g/mol. The van der Waals surface area contributed by atoms with Gasteiger partial charge in [-0.1, -0.05) is 18.2 Å². The zero-order chi connectivity index (χ0) is 10.4. The zero-order valence-corrected chi connectivity index (χ0v) is 8.68. The van der Waals surface area contributed by atoms with E-state index in [4.69, 9.17) is 4.74 Å². The lowest BCUT2D eigenvalue weighted by atomic mass is 10.3. The van der Waals surface area contributed by atoms with Crippen molar-refractivity contribution in [3.05, 3.63) is 30.3 Å². The van der Waals surface area contributed by atoms with Crippen LogP contribution in [0.3, 0.4) is 0 Å². The van der Waals surface area contributed by atoms with Crippen molar-refractivity contribution in [3.63, 3.8) is 0 Å². The first-order valence-corrected chi connectivity index (χ1v) is 4.69. The van der Waals surface area contributed by atoms with Crippen LogP contribution in [-0.4, -0.2) is 43.4 Å². The Morgan fingerprint density at radius 3 is 2.50 bits per heavy atom. The van der Waals surface area contributed by atoms with Crippen LogP contribution in [0.5, 0.6) is 5.75 Å². The minimum atomic E-state index is -0.440. The third-order valence-electron chi connectivity index (χ3n) is 1.76. The van der Waals surface area contributed by atoms with Gasteiger partial charge in [0, 0.05) is 6.54 Å². The lowest BCUT2D eigenvalue weighted by Crippen LogP contribution is -2.30. The molecule has 0 aliphatic heterocycles. The van der Waals surface area contributed by atoms with Crippen molar-refractivity contribution in [1.29, 1.82) is 0 Å². The van der Waals surface area contributed by atoms with Crippen LogP contribution in [0, 0.1) is 0 Å². The van der Waals surface area contributed by atoms with Crippen LogP contribution in [0.2, 0.25) is 0 Å². The van der Waals surface area contributed by atoms with Gasteiger partial charge in [-0.05, 0) is 26.2 Å². The highest BCUT2D eigenvalue weighted by molar-refractivity contribution is 5.20. The Kier molecular flexibility index (Phi) is 4.43. The molecule has 1 aromatic carbocycles. The van der Waals surface area contributed by atoms with E-state index in [2.05, 4.69) is 0 Å². The van der Waals surface area contributed by atoms with Crippen molar-refractivity contribution in [2.24, 2.45) is 0 Å². The van der Waals surface area contributed by atoms with Crippen molar-refractivity contribution in [2.75, 3.05) is 27.2 Å². The van der Waals surface area contributed by atoms with E-state index in [-0.39, 0.29) is 0 Å². The molecule has 0 amide bonds. The van der Waals surface area contributed by atoms with E-state index < -0.39 is 6.10 Å². The maximum Gasteiger partial charge on any atom is 0.119 e. The molecule has 0 bridgehead atoms. The number of rotatable bonds is 5. The molecule has 1 aromatic rings. The van der Waals surface area contributed by atoms with Gasteiger partial charge in [-0.15, -0.1) is 0 Å². The number of aliphatic hydroxyl groups is 1. The third kappa shape index (κ3) is 4.25. The summed E-state index contributed by atoms with van der Waals surface area (Å²) >= 11 is 0. The van der Waals surface area contributed by atoms with Gasteiger partial charge in [-0.3, -0.25) is 0 Å². The molecule has 3 nitrogen and oxygen atoms in total. The normalized spacial score (nSPS) is 12.9. The molecule has 0 radical (unpaired) electrons. The highest BCUT2D eigenvalue weighted by Crippen LogP contribution is 2.08. The van der Waals surface area contributed by atoms with Gasteiger partial charge in [0.25, 0.3) is 0 Å². The molecule has 0 saturated heterocycles. The van der Waals surface area contributed by atoms with E-state index in [0.717, 1.165) is 5.75 Å². The number of nitrogens with zero attached hydrogens (tertiary/aromatic N) is 1. The molecule has 0 unspecified atom stereocenters. The van der Waals surface area contributed by atoms with Gasteiger partial charge in [-0.25, -0.2) is 0 Å². The molecule has 1 rings (SSSR count). The molecular weight excluding hydrogens is 178 g/mol. The summed E-state index contributed by atoms with van der Waals surface area (Å²) in [6, 6.07) is 9.51. The fourth-order valence-electron chi connectivity index (χ4n) is 1.18. The first-order chi connectivity index (χ1) is 6.68. The highest BCUT2D eigenvalue weighted by atomic mass is 16.5. The maximum absolute atomic E-state index is 9.51. The van der Waals surface area contributed by atoms with Crippen molar-refractivity contribution in [3.8, 4) is 5.75 Å². The van der Waals surface area contributed by atoms with Crippen LogP contribution in [0.25, 0.3) is 0 Å². The Hall–Kier alpha value is -1.06. The second-order valence-corrected chi connectivity index (χ2v) is 3.54. The van der Waals surface area contributed by atoms with E-state index in [1.54, 1.807) is 0 Å². The summed E-state index contributed by atoms with van der Waals surface area (Å²) in [6.45, 7) is 0.953. The largest absolute Gasteiger partial charge is 0.491 e. The predicted octanol–water partition coefficient (Wildman–Crippen LogP) is 0.988. The van der Waals surface area contributed by atoms with Gasteiger partial charge < -0.3 is 14.7 Å². The zero-order valence-electron chi connectivity index (χ0n) is 8.68. The molecule has 0 aliphatic rings. The Bertz CT molecular complexity index is 249. The average Bonchev–Trinajstić information content (AvgIpc) is 2.15. The quantitative estimate of drug-likeness (QED) is 0.760. The standard InChI is InChI=1S/C11H17NO2/c1-12(2)8-10(13)9-14-11-6-4-3-5-7-11/h3-7,10,13H,8-9H2,1-2H3/t10-/m1/s1. The van der Waals surface area contributed by atoms with Gasteiger partial charge in [0.1, 0.15) is 18.5 Å². The van der Waals surface area contributed by atoms with Gasteiger partial charge in [0.15, 0.2) is 0 Å². The minimum absolute atomic E-state index is 0.336. The predicted molar refractivity (Wildman–Crippen MR) is 56.5 cm³/mol. The fraction of sp³-hybridized carbons (Fsp3) is 0.455. The van der Waals surface area contributed by atoms with Crippen LogP contribution >= 0.6 is 0 Å². The van der Waals surface area contributed by atoms with E-state index in [0.29, 0.717) is 13.2 Å². The molecule has 14 heavy (non-hydrogen) atoms. The molecule has 3 heteroatoms. The van der Waals surface area contributed by atoms with E-state index in [1.165, 1.54) is 0 Å². The molecule has 0 spiro atoms. The molecule has 1 atom stereocenters. The molecule has 0 heterocycles. The second kappa shape index (κ2) is 5.62. The summed E-state index contributed by atoms with van der Waals surface area (Å²) in [4.78, 5) is 1.93. The number of benzene rings is 1. The molecule has 0 aromatic heterocycles. The summed E-state index contributed by atoms with van der Waals surface area (Å²) in [6.07, 6.45) is -0.440. The third-order valence-corrected chi connectivity index (χ3v) is 1.76. The number of aliphatic hydroxyl groups excluding tert-OH is 1. The number of hydrogen-bond donors (Lipinski definition) is 1. The Morgan fingerprint density at radius 2 is 1.93 bits per heavy atom. The Morgan fingerprint density at radius 1 is 1.29 bits per heavy atom. The van der Waals surface area contributed by atoms with Gasteiger partial charge in [0.05, 0.1) is 0 Å². The van der Waals surface area contributed by atoms with Crippen LogP contribution < -0.4 is 4.74 Å². The van der Waals surface area contributed by atoms with Gasteiger partial charge in [0.2, 0.25) is 0 Å². The first kappa shape index (κ1) is 11.0. The molecule has 1 N–H and O–H groups in total. The minimum Gasteiger partial charge on any atom is -0.491 e. The Labute approximate surface area is 84.9 Å². The second-order valence-electron chi connectivity index (χ2n) is 3.54. The SMILES string of the molecule is CN(C)C[C@@H](O)COc1ccccc1. The Balaban J connectivity index is 2.27. The highest BCUT2D eigenvalue weighted by Gasteiger charge is 2.05. The van der Waals surface area contributed by atoms with E-state index in [9.17, 15) is 5.11 Å². The van der Waals surface area contributed by atoms with Gasteiger partial charge in [-0.2, -0.15) is 0 Å². The first-order valence-electron chi connectivity index (χ1n) is 4.69. The topological polar surface area (TPSA) is 32.7 Å². The van der Waals surface area contributed by atoms with Gasteiger partial charge >= 0.3 is 0 Å². The summed E-state index contributed by atoms with van der Waals surface area (Å²) in [7, 11) is 3.84. The van der Waals surface area contributed by atoms with Crippen LogP contribution in [0.4, 0.5) is 0 Å². The maximum atomic E-state index is 9.51. The summed E-state index contributed by atoms with van der Waals surface area (Å²) < 4.78 is 5.39. The van der Waals surface area contributed by atoms with Crippen molar-refractivity contribution in [2.45, 2.75) is 6.10 Å². The van der Waals surface area contributed by atoms with Crippen LogP contribution in [0.1, 0.15) is 0 Å². The molecule has 78 valence electrons. The van der Waals surface area contributed by atoms with E-state index >= 15 is 0 Å². The van der Waals surface area contributed by atoms with Crippen molar-refractivity contribution in [1.82, 2.24) is 4.90 Å². The number of ether oxygens (including phenoxy) is 1. The smallest absolute Gasteiger partial charge is 0.119 e. The fourth-order valence-corrected chi connectivity index (χ4v) is 1.18.